The van der Waals surface area contributed by atoms with Crippen LogP contribution in [0.15, 0.2) is 42.0 Å². The molecule has 0 amide bonds. The minimum Gasteiger partial charge on any atom is -0.356 e. The summed E-state index contributed by atoms with van der Waals surface area (Å²) in [5, 5.41) is 6.67. The van der Waals surface area contributed by atoms with Crippen LogP contribution in [0, 0.1) is 5.92 Å². The van der Waals surface area contributed by atoms with Crippen LogP contribution in [0.3, 0.4) is 0 Å². The van der Waals surface area contributed by atoms with Crippen molar-refractivity contribution in [2.45, 2.75) is 39.7 Å². The SMILES string of the molecule is CN=C(NCCCCC(C)C)NCc1ccc(-n2ccnc2)nc1.I. The Hall–Kier alpha value is -1.64. The van der Waals surface area contributed by atoms with Crippen LogP contribution in [0.5, 0.6) is 0 Å². The molecule has 0 aliphatic rings. The normalized spacial score (nSPS) is 11.3. The summed E-state index contributed by atoms with van der Waals surface area (Å²) in [6, 6.07) is 4.05. The van der Waals surface area contributed by atoms with Gasteiger partial charge in [-0.05, 0) is 24.0 Å². The molecule has 2 aromatic heterocycles. The van der Waals surface area contributed by atoms with Gasteiger partial charge in [-0.2, -0.15) is 0 Å². The van der Waals surface area contributed by atoms with E-state index in [4.69, 9.17) is 0 Å². The van der Waals surface area contributed by atoms with Crippen molar-refractivity contribution < 1.29 is 0 Å². The lowest BCUT2D eigenvalue weighted by atomic mass is 10.1. The van der Waals surface area contributed by atoms with Gasteiger partial charge in [0, 0.05) is 38.7 Å². The highest BCUT2D eigenvalue weighted by molar-refractivity contribution is 14.0. The number of nitrogens with one attached hydrogen (secondary N) is 2. The second-order valence-electron chi connectivity index (χ2n) is 6.24. The van der Waals surface area contributed by atoms with E-state index in [0.29, 0.717) is 6.54 Å². The van der Waals surface area contributed by atoms with Crippen LogP contribution in [-0.4, -0.2) is 34.1 Å². The first-order valence-electron chi connectivity index (χ1n) is 8.57. The van der Waals surface area contributed by atoms with E-state index in [1.54, 1.807) is 19.6 Å². The quantitative estimate of drug-likeness (QED) is 0.277. The summed E-state index contributed by atoms with van der Waals surface area (Å²) in [7, 11) is 1.80. The summed E-state index contributed by atoms with van der Waals surface area (Å²) in [5.74, 6) is 2.47. The molecular weight excluding hydrogens is 427 g/mol. The molecular formula is C18H29IN6. The maximum absolute atomic E-state index is 4.45. The maximum Gasteiger partial charge on any atom is 0.191 e. The monoisotopic (exact) mass is 456 g/mol. The Balaban J connectivity index is 0.00000312. The summed E-state index contributed by atoms with van der Waals surface area (Å²) in [6.45, 7) is 6.17. The molecule has 2 heterocycles. The van der Waals surface area contributed by atoms with Crippen molar-refractivity contribution >= 4 is 29.9 Å². The molecule has 0 aliphatic carbocycles. The van der Waals surface area contributed by atoms with Crippen molar-refractivity contribution in [1.82, 2.24) is 25.2 Å². The highest BCUT2D eigenvalue weighted by Gasteiger charge is 2.01. The Morgan fingerprint density at radius 2 is 2.08 bits per heavy atom. The van der Waals surface area contributed by atoms with Crippen LogP contribution >= 0.6 is 24.0 Å². The van der Waals surface area contributed by atoms with Crippen molar-refractivity contribution in [1.29, 1.82) is 0 Å². The third kappa shape index (κ3) is 7.85. The fourth-order valence-electron chi connectivity index (χ4n) is 2.36. The number of aliphatic imine (C=N–C) groups is 1. The largest absolute Gasteiger partial charge is 0.356 e. The van der Waals surface area contributed by atoms with Gasteiger partial charge in [-0.15, -0.1) is 24.0 Å². The zero-order valence-corrected chi connectivity index (χ0v) is 17.6. The number of hydrogen-bond acceptors (Lipinski definition) is 3. The molecule has 138 valence electrons. The number of halogens is 1. The number of unbranched alkanes of at least 4 members (excludes halogenated alkanes) is 1. The van der Waals surface area contributed by atoms with Crippen molar-refractivity contribution in [3.05, 3.63) is 42.6 Å². The number of imidazole rings is 1. The Labute approximate surface area is 167 Å². The molecule has 0 spiro atoms. The Bertz CT molecular complexity index is 607. The fraction of sp³-hybridized carbons (Fsp3) is 0.500. The minimum absolute atomic E-state index is 0. The molecule has 7 heteroatoms. The number of nitrogens with zero attached hydrogens (tertiary/aromatic N) is 4. The molecule has 0 fully saturated rings. The predicted octanol–water partition coefficient (Wildman–Crippen LogP) is 3.38. The summed E-state index contributed by atoms with van der Waals surface area (Å²) < 4.78 is 1.88. The van der Waals surface area contributed by atoms with E-state index < -0.39 is 0 Å². The molecule has 0 bridgehead atoms. The standard InChI is InChI=1S/C18H28N6.HI/c1-15(2)6-4-5-9-21-18(19-3)23-13-16-7-8-17(22-12-16)24-11-10-20-14-24;/h7-8,10-12,14-15H,4-6,9,13H2,1-3H3,(H2,19,21,23);1H. The second-order valence-corrected chi connectivity index (χ2v) is 6.24. The molecule has 0 atom stereocenters. The predicted molar refractivity (Wildman–Crippen MR) is 114 cm³/mol. The van der Waals surface area contributed by atoms with E-state index in [-0.39, 0.29) is 24.0 Å². The van der Waals surface area contributed by atoms with E-state index in [1.165, 1.54) is 19.3 Å². The molecule has 2 rings (SSSR count). The van der Waals surface area contributed by atoms with Crippen molar-refractivity contribution in [2.24, 2.45) is 10.9 Å². The van der Waals surface area contributed by atoms with Gasteiger partial charge in [-0.25, -0.2) is 9.97 Å². The van der Waals surface area contributed by atoms with Crippen molar-refractivity contribution in [3.63, 3.8) is 0 Å². The third-order valence-electron chi connectivity index (χ3n) is 3.76. The lowest BCUT2D eigenvalue weighted by Gasteiger charge is -2.12. The minimum atomic E-state index is 0. The molecule has 0 radical (unpaired) electrons. The van der Waals surface area contributed by atoms with Gasteiger partial charge in [0.15, 0.2) is 5.96 Å². The first kappa shape index (κ1) is 21.4. The summed E-state index contributed by atoms with van der Waals surface area (Å²) in [5.41, 5.74) is 1.11. The molecule has 0 saturated carbocycles. The Morgan fingerprint density at radius 1 is 1.24 bits per heavy atom. The van der Waals surface area contributed by atoms with E-state index in [1.807, 2.05) is 23.0 Å². The number of rotatable bonds is 8. The Kier molecular flexibility index (Phi) is 10.1. The Morgan fingerprint density at radius 3 is 2.68 bits per heavy atom. The van der Waals surface area contributed by atoms with Gasteiger partial charge >= 0.3 is 0 Å². The van der Waals surface area contributed by atoms with Gasteiger partial charge < -0.3 is 10.6 Å². The van der Waals surface area contributed by atoms with Crippen molar-refractivity contribution in [3.8, 4) is 5.82 Å². The van der Waals surface area contributed by atoms with Gasteiger partial charge in [0.1, 0.15) is 12.1 Å². The van der Waals surface area contributed by atoms with Gasteiger partial charge in [-0.1, -0.05) is 32.8 Å². The van der Waals surface area contributed by atoms with Gasteiger partial charge in [0.25, 0.3) is 0 Å². The number of pyridine rings is 1. The average Bonchev–Trinajstić information content (AvgIpc) is 3.12. The second kappa shape index (κ2) is 11.8. The number of hydrogen-bond donors (Lipinski definition) is 2. The maximum atomic E-state index is 4.45. The molecule has 0 unspecified atom stereocenters. The van der Waals surface area contributed by atoms with E-state index >= 15 is 0 Å². The highest BCUT2D eigenvalue weighted by atomic mass is 127. The third-order valence-corrected chi connectivity index (χ3v) is 3.76. The molecule has 2 N–H and O–H groups in total. The van der Waals surface area contributed by atoms with Crippen LogP contribution < -0.4 is 10.6 Å². The first-order valence-corrected chi connectivity index (χ1v) is 8.57. The zero-order chi connectivity index (χ0) is 17.2. The fourth-order valence-corrected chi connectivity index (χ4v) is 2.36. The zero-order valence-electron chi connectivity index (χ0n) is 15.3. The van der Waals surface area contributed by atoms with Crippen molar-refractivity contribution in [2.75, 3.05) is 13.6 Å². The number of guanidine groups is 1. The molecule has 2 aromatic rings. The van der Waals surface area contributed by atoms with Crippen LogP contribution in [0.2, 0.25) is 0 Å². The first-order chi connectivity index (χ1) is 11.7. The van der Waals surface area contributed by atoms with Crippen LogP contribution in [0.25, 0.3) is 5.82 Å². The number of aromatic nitrogens is 3. The van der Waals surface area contributed by atoms with E-state index in [2.05, 4.69) is 45.5 Å². The smallest absolute Gasteiger partial charge is 0.191 e. The lowest BCUT2D eigenvalue weighted by molar-refractivity contribution is 0.534. The van der Waals surface area contributed by atoms with Gasteiger partial charge in [0.2, 0.25) is 0 Å². The lowest BCUT2D eigenvalue weighted by Crippen LogP contribution is -2.37. The molecule has 6 nitrogen and oxygen atoms in total. The molecule has 0 aromatic carbocycles. The van der Waals surface area contributed by atoms with Crippen LogP contribution in [0.1, 0.15) is 38.7 Å². The molecule has 25 heavy (non-hydrogen) atoms. The van der Waals surface area contributed by atoms with Gasteiger partial charge in [-0.3, -0.25) is 9.56 Å². The topological polar surface area (TPSA) is 67.1 Å². The average molecular weight is 456 g/mol. The van der Waals surface area contributed by atoms with E-state index in [9.17, 15) is 0 Å². The van der Waals surface area contributed by atoms with E-state index in [0.717, 1.165) is 29.8 Å². The molecule has 0 saturated heterocycles. The summed E-state index contributed by atoms with van der Waals surface area (Å²) >= 11 is 0. The molecule has 0 aliphatic heterocycles. The summed E-state index contributed by atoms with van der Waals surface area (Å²) in [4.78, 5) is 12.7. The van der Waals surface area contributed by atoms with Crippen LogP contribution in [0.4, 0.5) is 0 Å². The van der Waals surface area contributed by atoms with Gasteiger partial charge in [0.05, 0.1) is 0 Å². The van der Waals surface area contributed by atoms with Crippen LogP contribution in [-0.2, 0) is 6.54 Å². The highest BCUT2D eigenvalue weighted by Crippen LogP contribution is 2.06. The summed E-state index contributed by atoms with van der Waals surface area (Å²) in [6.07, 6.45) is 10.9.